The number of fused-ring (bicyclic) bond motifs is 10. The van der Waals surface area contributed by atoms with Crippen LogP contribution in [0.3, 0.4) is 0 Å². The van der Waals surface area contributed by atoms with Gasteiger partial charge in [0.1, 0.15) is 0 Å². The van der Waals surface area contributed by atoms with Crippen molar-refractivity contribution < 1.29 is 0 Å². The van der Waals surface area contributed by atoms with E-state index in [1.54, 1.807) is 154 Å². The highest BCUT2D eigenvalue weighted by molar-refractivity contribution is 4.83. The molecule has 0 aromatic carbocycles. The molecule has 51 heavy (non-hydrogen) atoms. The van der Waals surface area contributed by atoms with Crippen molar-refractivity contribution in [1.82, 2.24) is 0 Å². The first-order valence-corrected chi connectivity index (χ1v) is 22.3. The monoisotopic (exact) mass is 717 g/mol. The van der Waals surface area contributed by atoms with Crippen molar-refractivity contribution in [3.05, 3.63) is 0 Å². The highest BCUT2D eigenvalue weighted by Gasteiger charge is 2.31. The second kappa shape index (κ2) is 28.4. The molecule has 0 radical (unpaired) electrons. The zero-order valence-electron chi connectivity index (χ0n) is 30.5. The zero-order chi connectivity index (χ0) is 30.5. The minimum Gasteiger partial charge on any atom is -0.0776 e. The summed E-state index contributed by atoms with van der Waals surface area (Å²) < 4.78 is 0. The van der Waals surface area contributed by atoms with Crippen molar-refractivity contribution in [1.29, 1.82) is 0 Å². The molecule has 0 amide bonds. The molecule has 11 aliphatic carbocycles. The highest BCUT2D eigenvalue weighted by atomic mass is 14.4. The molecule has 11 fully saturated rings. The fourth-order valence-electron chi connectivity index (χ4n) is 12.8. The van der Waals surface area contributed by atoms with Gasteiger partial charge in [0.15, 0.2) is 0 Å². The van der Waals surface area contributed by atoms with E-state index in [0.717, 1.165) is 35.5 Å². The van der Waals surface area contributed by atoms with Crippen molar-refractivity contribution in [2.75, 3.05) is 0 Å². The second-order valence-electron chi connectivity index (χ2n) is 18.9. The van der Waals surface area contributed by atoms with Gasteiger partial charge in [-0.1, -0.05) is 244 Å². The van der Waals surface area contributed by atoms with Crippen LogP contribution in [0.2, 0.25) is 0 Å². The molecular formula is C51H104. The molecular weight excluding hydrogens is 613 g/mol. The zero-order valence-corrected chi connectivity index (χ0v) is 30.5. The van der Waals surface area contributed by atoms with Crippen LogP contribution in [0.25, 0.3) is 0 Å². The van der Waals surface area contributed by atoms with E-state index in [1.165, 1.54) is 94.3 Å². The lowest BCUT2D eigenvalue weighted by molar-refractivity contribution is 0.165. The lowest BCUT2D eigenvalue weighted by atomic mass is 9.71. The normalized spacial score (nSPS) is 37.6. The summed E-state index contributed by atoms with van der Waals surface area (Å²) in [5.74, 6) is 11.6. The van der Waals surface area contributed by atoms with Crippen LogP contribution >= 0.6 is 0 Å². The van der Waals surface area contributed by atoms with Crippen LogP contribution in [-0.2, 0) is 0 Å². The van der Waals surface area contributed by atoms with E-state index in [4.69, 9.17) is 0 Å². The average molecular weight is 717 g/mol. The van der Waals surface area contributed by atoms with Gasteiger partial charge in [-0.3, -0.25) is 0 Å². The molecule has 0 aromatic heterocycles. The standard InChI is InChI=1S/5C9H16.6CH4/c1-3-8-5-2-6-9(4-1)7-8;1-2-5-9-7-3-6-8(9)4-1;1-2-8-4-6-9(3-1)7-5-8;1-2-4-9-6-5-8(3-1)7-9;1-2-4-8-6-7-9(8)5-3-1;;;;;;/h5*8-9H,1-7H2;6*1H4. The van der Waals surface area contributed by atoms with Crippen LogP contribution in [0.5, 0.6) is 0 Å². The van der Waals surface area contributed by atoms with Crippen LogP contribution in [0.15, 0.2) is 0 Å². The molecule has 0 saturated heterocycles. The van der Waals surface area contributed by atoms with Gasteiger partial charge in [-0.2, -0.15) is 0 Å². The molecule has 11 rings (SSSR count). The lowest BCUT2D eigenvalue weighted by Crippen LogP contribution is -2.23. The SMILES string of the molecule is C.C.C.C.C.C.C1CC2CCC(C1)CC2.C1CC2CCCC(C1)C2.C1CCC2CCC(C1)C2.C1CCC2CCC2CC1.C1CCC2CCCC2C1. The van der Waals surface area contributed by atoms with Crippen LogP contribution in [0.4, 0.5) is 0 Å². The third-order valence-electron chi connectivity index (χ3n) is 15.9. The fraction of sp³-hybridized carbons (Fsp3) is 1.00. The molecule has 0 N–H and O–H groups in total. The molecule has 11 aliphatic rings. The van der Waals surface area contributed by atoms with Gasteiger partial charge in [-0.05, 0) is 84.9 Å². The summed E-state index contributed by atoms with van der Waals surface area (Å²) in [6, 6.07) is 0. The van der Waals surface area contributed by atoms with E-state index < -0.39 is 0 Å². The molecule has 0 heteroatoms. The summed E-state index contributed by atoms with van der Waals surface area (Å²) >= 11 is 0. The summed E-state index contributed by atoms with van der Waals surface area (Å²) in [6.07, 6.45) is 54.3. The van der Waals surface area contributed by atoms with Gasteiger partial charge < -0.3 is 0 Å². The quantitative estimate of drug-likeness (QED) is 0.234. The molecule has 0 spiro atoms. The Bertz CT molecular complexity index is 690. The molecule has 6 atom stereocenters. The van der Waals surface area contributed by atoms with Gasteiger partial charge >= 0.3 is 0 Å². The van der Waals surface area contributed by atoms with Gasteiger partial charge in [0.05, 0.1) is 0 Å². The molecule has 308 valence electrons. The Morgan fingerprint density at radius 3 is 0.745 bits per heavy atom. The fourth-order valence-corrected chi connectivity index (χ4v) is 12.8. The first-order valence-electron chi connectivity index (χ1n) is 22.3. The van der Waals surface area contributed by atoms with E-state index in [1.807, 2.05) is 0 Å². The number of hydrogen-bond acceptors (Lipinski definition) is 0. The van der Waals surface area contributed by atoms with Crippen LogP contribution in [0.1, 0.15) is 269 Å². The average Bonchev–Trinajstić information content (AvgIpc) is 3.43. The van der Waals surface area contributed by atoms with Crippen LogP contribution in [-0.4, -0.2) is 0 Å². The van der Waals surface area contributed by atoms with Crippen molar-refractivity contribution in [3.8, 4) is 0 Å². The summed E-state index contributed by atoms with van der Waals surface area (Å²) in [5.41, 5.74) is 0. The predicted octanol–water partition coefficient (Wildman–Crippen LogP) is 18.7. The van der Waals surface area contributed by atoms with E-state index >= 15 is 0 Å². The molecule has 0 nitrogen and oxygen atoms in total. The minimum atomic E-state index is 0. The molecule has 11 saturated carbocycles. The summed E-state index contributed by atoms with van der Waals surface area (Å²) in [6.45, 7) is 0. The first kappa shape index (κ1) is 51.0. The summed E-state index contributed by atoms with van der Waals surface area (Å²) in [4.78, 5) is 0. The summed E-state index contributed by atoms with van der Waals surface area (Å²) in [5, 5.41) is 0. The Morgan fingerprint density at radius 1 is 0.157 bits per heavy atom. The largest absolute Gasteiger partial charge is 0.0776 e. The second-order valence-corrected chi connectivity index (χ2v) is 18.9. The molecule has 6 bridgehead atoms. The van der Waals surface area contributed by atoms with Gasteiger partial charge in [-0.25, -0.2) is 0 Å². The molecule has 0 aromatic rings. The van der Waals surface area contributed by atoms with E-state index in [-0.39, 0.29) is 44.6 Å². The maximum Gasteiger partial charge on any atom is -0.0386 e. The van der Waals surface area contributed by atoms with Crippen LogP contribution in [0, 0.1) is 59.2 Å². The minimum absolute atomic E-state index is 0. The Labute approximate surface area is 327 Å². The van der Waals surface area contributed by atoms with Gasteiger partial charge in [0.2, 0.25) is 0 Å². The van der Waals surface area contributed by atoms with Crippen molar-refractivity contribution in [2.45, 2.75) is 269 Å². The Kier molecular flexibility index (Phi) is 28.4. The maximum absolute atomic E-state index is 1.58. The smallest absolute Gasteiger partial charge is 0.0386 e. The van der Waals surface area contributed by atoms with Gasteiger partial charge in [0, 0.05) is 0 Å². The summed E-state index contributed by atoms with van der Waals surface area (Å²) in [7, 11) is 0. The van der Waals surface area contributed by atoms with Crippen molar-refractivity contribution in [3.63, 3.8) is 0 Å². The van der Waals surface area contributed by atoms with Gasteiger partial charge in [-0.15, -0.1) is 0 Å². The van der Waals surface area contributed by atoms with Gasteiger partial charge in [0.25, 0.3) is 0 Å². The van der Waals surface area contributed by atoms with Crippen molar-refractivity contribution in [2.24, 2.45) is 59.2 Å². The third kappa shape index (κ3) is 17.1. The first-order chi connectivity index (χ1) is 22.3. The van der Waals surface area contributed by atoms with Crippen LogP contribution < -0.4 is 0 Å². The third-order valence-corrected chi connectivity index (χ3v) is 15.9. The molecule has 6 unspecified atom stereocenters. The lowest BCUT2D eigenvalue weighted by Gasteiger charge is -2.35. The predicted molar refractivity (Wildman–Crippen MR) is 237 cm³/mol. The maximum atomic E-state index is 1.58. The Balaban J connectivity index is 0.000000595. The Morgan fingerprint density at radius 2 is 0.373 bits per heavy atom. The topological polar surface area (TPSA) is 0 Å². The number of hydrogen-bond donors (Lipinski definition) is 0. The number of rotatable bonds is 0. The van der Waals surface area contributed by atoms with Crippen molar-refractivity contribution >= 4 is 0 Å². The molecule has 0 aliphatic heterocycles. The van der Waals surface area contributed by atoms with E-state index in [0.29, 0.717) is 0 Å². The van der Waals surface area contributed by atoms with E-state index in [2.05, 4.69) is 0 Å². The highest BCUT2D eigenvalue weighted by Crippen LogP contribution is 2.44. The molecule has 0 heterocycles. The Hall–Kier alpha value is 0. The van der Waals surface area contributed by atoms with E-state index in [9.17, 15) is 0 Å².